The zero-order chi connectivity index (χ0) is 15.5. The van der Waals surface area contributed by atoms with E-state index in [2.05, 4.69) is 5.32 Å². The minimum Gasteiger partial charge on any atom is -0.497 e. The summed E-state index contributed by atoms with van der Waals surface area (Å²) in [6.45, 7) is 1.78. The standard InChI is InChI=1S/C15H19NO5/c1-10(21-12-5-3-11(20-2)4-6-12)13(17)16-9-15(7-8-15)14(18)19/h3-6,10H,7-9H2,1-2H3,(H,16,17)(H,18,19). The summed E-state index contributed by atoms with van der Waals surface area (Å²) in [7, 11) is 1.57. The Kier molecular flexibility index (Phi) is 4.35. The largest absolute Gasteiger partial charge is 0.497 e. The summed E-state index contributed by atoms with van der Waals surface area (Å²) >= 11 is 0. The number of methoxy groups -OCH3 is 1. The molecule has 1 fully saturated rings. The molecule has 1 unspecified atom stereocenters. The Hall–Kier alpha value is -2.24. The minimum absolute atomic E-state index is 0.150. The maximum atomic E-state index is 11.9. The van der Waals surface area contributed by atoms with Crippen molar-refractivity contribution in [3.63, 3.8) is 0 Å². The number of nitrogens with one attached hydrogen (secondary N) is 1. The number of aliphatic carboxylic acids is 1. The molecule has 1 saturated carbocycles. The molecule has 0 aromatic heterocycles. The molecule has 1 aliphatic rings. The van der Waals surface area contributed by atoms with Crippen LogP contribution < -0.4 is 14.8 Å². The van der Waals surface area contributed by atoms with Crippen molar-refractivity contribution in [1.29, 1.82) is 0 Å². The van der Waals surface area contributed by atoms with Gasteiger partial charge >= 0.3 is 5.97 Å². The number of benzene rings is 1. The zero-order valence-electron chi connectivity index (χ0n) is 12.1. The highest BCUT2D eigenvalue weighted by Crippen LogP contribution is 2.45. The normalized spacial score (nSPS) is 16.7. The first-order chi connectivity index (χ1) is 9.97. The second-order valence-corrected chi connectivity index (χ2v) is 5.24. The summed E-state index contributed by atoms with van der Waals surface area (Å²) in [4.78, 5) is 22.9. The lowest BCUT2D eigenvalue weighted by atomic mass is 10.1. The monoisotopic (exact) mass is 293 g/mol. The molecule has 2 rings (SSSR count). The third-order valence-corrected chi connectivity index (χ3v) is 3.65. The highest BCUT2D eigenvalue weighted by Gasteiger charge is 2.50. The van der Waals surface area contributed by atoms with Crippen LogP contribution >= 0.6 is 0 Å². The summed E-state index contributed by atoms with van der Waals surface area (Å²) in [6, 6.07) is 6.90. The van der Waals surface area contributed by atoms with Gasteiger partial charge in [-0.25, -0.2) is 0 Å². The molecule has 6 nitrogen and oxygen atoms in total. The van der Waals surface area contributed by atoms with E-state index in [0.717, 1.165) is 0 Å². The Balaban J connectivity index is 1.83. The maximum absolute atomic E-state index is 11.9. The fourth-order valence-electron chi connectivity index (χ4n) is 1.93. The number of hydrogen-bond donors (Lipinski definition) is 2. The zero-order valence-corrected chi connectivity index (χ0v) is 12.1. The lowest BCUT2D eigenvalue weighted by molar-refractivity contribution is -0.143. The number of carboxylic acids is 1. The van der Waals surface area contributed by atoms with Crippen molar-refractivity contribution in [2.45, 2.75) is 25.9 Å². The van der Waals surface area contributed by atoms with Gasteiger partial charge in [0.1, 0.15) is 11.5 Å². The van der Waals surface area contributed by atoms with Crippen LogP contribution in [0, 0.1) is 5.41 Å². The van der Waals surface area contributed by atoms with E-state index >= 15 is 0 Å². The topological polar surface area (TPSA) is 84.9 Å². The first kappa shape index (κ1) is 15.2. The lowest BCUT2D eigenvalue weighted by Crippen LogP contribution is -2.41. The molecule has 0 aliphatic heterocycles. The fraction of sp³-hybridized carbons (Fsp3) is 0.467. The molecule has 1 amide bonds. The van der Waals surface area contributed by atoms with Crippen LogP contribution in [0.25, 0.3) is 0 Å². The van der Waals surface area contributed by atoms with Crippen molar-refractivity contribution >= 4 is 11.9 Å². The van der Waals surface area contributed by atoms with E-state index in [0.29, 0.717) is 24.3 Å². The minimum atomic E-state index is -0.855. The first-order valence-corrected chi connectivity index (χ1v) is 6.79. The highest BCUT2D eigenvalue weighted by molar-refractivity contribution is 5.83. The number of carbonyl (C=O) groups excluding carboxylic acids is 1. The predicted octanol–water partition coefficient (Wildman–Crippen LogP) is 1.44. The smallest absolute Gasteiger partial charge is 0.311 e. The van der Waals surface area contributed by atoms with E-state index in [9.17, 15) is 9.59 Å². The van der Waals surface area contributed by atoms with Crippen LogP contribution in [-0.2, 0) is 9.59 Å². The van der Waals surface area contributed by atoms with Crippen molar-refractivity contribution in [2.75, 3.05) is 13.7 Å². The Morgan fingerprint density at radius 3 is 2.33 bits per heavy atom. The van der Waals surface area contributed by atoms with Gasteiger partial charge in [0.25, 0.3) is 5.91 Å². The van der Waals surface area contributed by atoms with E-state index in [1.54, 1.807) is 38.3 Å². The molecule has 0 radical (unpaired) electrons. The fourth-order valence-corrected chi connectivity index (χ4v) is 1.93. The maximum Gasteiger partial charge on any atom is 0.311 e. The van der Waals surface area contributed by atoms with Gasteiger partial charge in [-0.05, 0) is 44.0 Å². The van der Waals surface area contributed by atoms with Crippen LogP contribution in [-0.4, -0.2) is 36.7 Å². The van der Waals surface area contributed by atoms with Gasteiger partial charge in [-0.3, -0.25) is 9.59 Å². The second kappa shape index (κ2) is 6.03. The highest BCUT2D eigenvalue weighted by atomic mass is 16.5. The van der Waals surface area contributed by atoms with Crippen molar-refractivity contribution < 1.29 is 24.2 Å². The van der Waals surface area contributed by atoms with Crippen molar-refractivity contribution in [3.05, 3.63) is 24.3 Å². The average Bonchev–Trinajstić information content (AvgIpc) is 3.26. The van der Waals surface area contributed by atoms with Gasteiger partial charge in [-0.15, -0.1) is 0 Å². The summed E-state index contributed by atoms with van der Waals surface area (Å²) in [5.74, 6) is 0.0827. The lowest BCUT2D eigenvalue weighted by Gasteiger charge is -2.17. The van der Waals surface area contributed by atoms with E-state index in [-0.39, 0.29) is 12.5 Å². The molecule has 114 valence electrons. The molecule has 1 aromatic carbocycles. The third kappa shape index (κ3) is 3.65. The van der Waals surface area contributed by atoms with Crippen LogP contribution in [0.15, 0.2) is 24.3 Å². The van der Waals surface area contributed by atoms with Crippen LogP contribution in [0.2, 0.25) is 0 Å². The van der Waals surface area contributed by atoms with E-state index in [4.69, 9.17) is 14.6 Å². The van der Waals surface area contributed by atoms with Crippen LogP contribution in [0.4, 0.5) is 0 Å². The number of ether oxygens (including phenoxy) is 2. The quantitative estimate of drug-likeness (QED) is 0.794. The molecule has 1 aromatic rings. The van der Waals surface area contributed by atoms with Gasteiger partial charge in [-0.1, -0.05) is 0 Å². The van der Waals surface area contributed by atoms with Crippen molar-refractivity contribution in [3.8, 4) is 11.5 Å². The van der Waals surface area contributed by atoms with E-state index in [1.165, 1.54) is 0 Å². The molecule has 0 spiro atoms. The van der Waals surface area contributed by atoms with Gasteiger partial charge in [0.2, 0.25) is 0 Å². The number of rotatable bonds is 7. The molecule has 1 aliphatic carbocycles. The molecular formula is C15H19NO5. The Bertz CT molecular complexity index is 521. The molecule has 21 heavy (non-hydrogen) atoms. The molecule has 0 heterocycles. The third-order valence-electron chi connectivity index (χ3n) is 3.65. The van der Waals surface area contributed by atoms with E-state index < -0.39 is 17.5 Å². The van der Waals surface area contributed by atoms with Crippen LogP contribution in [0.3, 0.4) is 0 Å². The second-order valence-electron chi connectivity index (χ2n) is 5.24. The number of amides is 1. The summed E-state index contributed by atoms with van der Waals surface area (Å²) in [5.41, 5.74) is -0.768. The Morgan fingerprint density at radius 1 is 1.29 bits per heavy atom. The number of carboxylic acid groups (broad SMARTS) is 1. The molecule has 0 saturated heterocycles. The summed E-state index contributed by atoms with van der Waals surface area (Å²) in [5, 5.41) is 11.7. The molecular weight excluding hydrogens is 274 g/mol. The first-order valence-electron chi connectivity index (χ1n) is 6.79. The van der Waals surface area contributed by atoms with Crippen LogP contribution in [0.5, 0.6) is 11.5 Å². The van der Waals surface area contributed by atoms with Gasteiger partial charge in [0.15, 0.2) is 6.10 Å². The van der Waals surface area contributed by atoms with Crippen molar-refractivity contribution in [2.24, 2.45) is 5.41 Å². The average molecular weight is 293 g/mol. The van der Waals surface area contributed by atoms with E-state index in [1.807, 2.05) is 0 Å². The number of carbonyl (C=O) groups is 2. The molecule has 2 N–H and O–H groups in total. The van der Waals surface area contributed by atoms with Crippen LogP contribution in [0.1, 0.15) is 19.8 Å². The van der Waals surface area contributed by atoms with Crippen molar-refractivity contribution in [1.82, 2.24) is 5.32 Å². The number of hydrogen-bond acceptors (Lipinski definition) is 4. The molecule has 6 heteroatoms. The van der Waals surface area contributed by atoms with Gasteiger partial charge in [0.05, 0.1) is 12.5 Å². The summed E-state index contributed by atoms with van der Waals surface area (Å²) in [6.07, 6.45) is 0.523. The SMILES string of the molecule is COc1ccc(OC(C)C(=O)NCC2(C(=O)O)CC2)cc1. The molecule has 1 atom stereocenters. The van der Waals surface area contributed by atoms with Gasteiger partial charge < -0.3 is 19.9 Å². The Labute approximate surface area is 123 Å². The predicted molar refractivity (Wildman–Crippen MR) is 75.4 cm³/mol. The Morgan fingerprint density at radius 2 is 1.86 bits per heavy atom. The van der Waals surface area contributed by atoms with Gasteiger partial charge in [-0.2, -0.15) is 0 Å². The van der Waals surface area contributed by atoms with Gasteiger partial charge in [0, 0.05) is 6.54 Å². The summed E-state index contributed by atoms with van der Waals surface area (Å²) < 4.78 is 10.5. The molecule has 0 bridgehead atoms.